The number of benzene rings is 1. The van der Waals surface area contributed by atoms with Crippen LogP contribution in [0.3, 0.4) is 0 Å². The van der Waals surface area contributed by atoms with Gasteiger partial charge in [0.15, 0.2) is 5.79 Å². The van der Waals surface area contributed by atoms with E-state index in [1.54, 1.807) is 6.20 Å². The predicted octanol–water partition coefficient (Wildman–Crippen LogP) is 3.82. The lowest BCUT2D eigenvalue weighted by atomic mass is 9.90. The first-order valence-electron chi connectivity index (χ1n) is 8.59. The Hall–Kier alpha value is -1.65. The average molecular weight is 328 g/mol. The van der Waals surface area contributed by atoms with Crippen LogP contribution in [0.1, 0.15) is 36.1 Å². The van der Waals surface area contributed by atoms with Crippen LogP contribution in [0, 0.1) is 26.2 Å². The highest BCUT2D eigenvalue weighted by Crippen LogP contribution is 2.34. The average Bonchev–Trinajstić information content (AvgIpc) is 2.99. The third-order valence-corrected chi connectivity index (χ3v) is 4.72. The molecule has 1 aromatic carbocycles. The van der Waals surface area contributed by atoms with Crippen molar-refractivity contribution >= 4 is 0 Å². The number of aryl methyl sites for hydroxylation is 3. The van der Waals surface area contributed by atoms with E-state index in [2.05, 4.69) is 51.7 Å². The van der Waals surface area contributed by atoms with Gasteiger partial charge in [0.25, 0.3) is 0 Å². The van der Waals surface area contributed by atoms with Gasteiger partial charge in [0.05, 0.1) is 26.1 Å². The van der Waals surface area contributed by atoms with Crippen molar-refractivity contribution in [1.82, 2.24) is 9.55 Å². The second-order valence-corrected chi connectivity index (χ2v) is 7.94. The van der Waals surface area contributed by atoms with Gasteiger partial charge in [-0.1, -0.05) is 31.5 Å². The number of hydrogen-bond donors (Lipinski definition) is 0. The molecule has 0 spiro atoms. The smallest absolute Gasteiger partial charge is 0.190 e. The van der Waals surface area contributed by atoms with Gasteiger partial charge in [-0.3, -0.25) is 0 Å². The molecule has 0 amide bonds. The van der Waals surface area contributed by atoms with Crippen LogP contribution in [0.2, 0.25) is 0 Å². The van der Waals surface area contributed by atoms with Crippen molar-refractivity contribution in [3.05, 3.63) is 53.1 Å². The number of ether oxygens (including phenoxy) is 2. The van der Waals surface area contributed by atoms with Crippen molar-refractivity contribution in [2.45, 2.75) is 53.4 Å². The number of nitrogens with zero attached hydrogens (tertiary/aromatic N) is 2. The zero-order chi connectivity index (χ0) is 17.4. The predicted molar refractivity (Wildman–Crippen MR) is 95.0 cm³/mol. The van der Waals surface area contributed by atoms with E-state index in [1.165, 1.54) is 22.3 Å². The minimum absolute atomic E-state index is 0.0514. The summed E-state index contributed by atoms with van der Waals surface area (Å²) >= 11 is 0. The Morgan fingerprint density at radius 1 is 1.08 bits per heavy atom. The zero-order valence-corrected chi connectivity index (χ0v) is 15.4. The minimum atomic E-state index is -0.638. The van der Waals surface area contributed by atoms with E-state index in [4.69, 9.17) is 9.47 Å². The third-order valence-electron chi connectivity index (χ3n) is 4.72. The van der Waals surface area contributed by atoms with Gasteiger partial charge in [-0.15, -0.1) is 0 Å². The Bertz CT molecular complexity index is 671. The standard InChI is InChI=1S/C20H28N2O2/c1-15-8-16(2)18(17(3)9-15)10-20(11-22-7-6-21-14-22)23-12-19(4,5)13-24-20/h6-9,14H,10-13H2,1-5H3. The molecular weight excluding hydrogens is 300 g/mol. The molecule has 1 aliphatic rings. The Morgan fingerprint density at radius 2 is 1.71 bits per heavy atom. The molecule has 4 heteroatoms. The van der Waals surface area contributed by atoms with Crippen LogP contribution >= 0.6 is 0 Å². The van der Waals surface area contributed by atoms with Crippen LogP contribution < -0.4 is 0 Å². The molecule has 0 aliphatic carbocycles. The van der Waals surface area contributed by atoms with Gasteiger partial charge in [-0.05, 0) is 37.5 Å². The second-order valence-electron chi connectivity index (χ2n) is 7.94. The fraction of sp³-hybridized carbons (Fsp3) is 0.550. The zero-order valence-electron chi connectivity index (χ0n) is 15.4. The van der Waals surface area contributed by atoms with E-state index in [1.807, 2.05) is 17.1 Å². The fourth-order valence-corrected chi connectivity index (χ4v) is 3.40. The summed E-state index contributed by atoms with van der Waals surface area (Å²) in [5.41, 5.74) is 5.27. The minimum Gasteiger partial charge on any atom is -0.347 e. The van der Waals surface area contributed by atoms with Crippen LogP contribution in [-0.4, -0.2) is 28.6 Å². The molecule has 1 fully saturated rings. The SMILES string of the molecule is Cc1cc(C)c(CC2(Cn3ccnc3)OCC(C)(C)CO2)c(C)c1. The summed E-state index contributed by atoms with van der Waals surface area (Å²) in [6, 6.07) is 4.47. The van der Waals surface area contributed by atoms with E-state index >= 15 is 0 Å². The molecule has 1 saturated heterocycles. The van der Waals surface area contributed by atoms with Gasteiger partial charge in [0.1, 0.15) is 0 Å². The van der Waals surface area contributed by atoms with Gasteiger partial charge < -0.3 is 14.0 Å². The molecule has 0 N–H and O–H groups in total. The molecule has 0 atom stereocenters. The first kappa shape index (κ1) is 17.2. The van der Waals surface area contributed by atoms with E-state index in [9.17, 15) is 0 Å². The van der Waals surface area contributed by atoms with Gasteiger partial charge in [0, 0.05) is 24.2 Å². The molecule has 0 bridgehead atoms. The molecule has 0 radical (unpaired) electrons. The highest BCUT2D eigenvalue weighted by molar-refractivity contribution is 5.38. The summed E-state index contributed by atoms with van der Waals surface area (Å²) < 4.78 is 14.7. The highest BCUT2D eigenvalue weighted by atomic mass is 16.7. The molecule has 1 aliphatic heterocycles. The molecule has 0 saturated carbocycles. The monoisotopic (exact) mass is 328 g/mol. The Balaban J connectivity index is 1.91. The van der Waals surface area contributed by atoms with E-state index < -0.39 is 5.79 Å². The van der Waals surface area contributed by atoms with Crippen LogP contribution in [-0.2, 0) is 22.4 Å². The van der Waals surface area contributed by atoms with Crippen LogP contribution in [0.4, 0.5) is 0 Å². The maximum Gasteiger partial charge on any atom is 0.190 e. The summed E-state index contributed by atoms with van der Waals surface area (Å²) in [6.45, 7) is 12.9. The first-order valence-corrected chi connectivity index (χ1v) is 8.59. The molecule has 2 aromatic rings. The van der Waals surface area contributed by atoms with Gasteiger partial charge in [-0.25, -0.2) is 4.98 Å². The quantitative estimate of drug-likeness (QED) is 0.856. The summed E-state index contributed by atoms with van der Waals surface area (Å²) in [5, 5.41) is 0. The molecular formula is C20H28N2O2. The van der Waals surface area contributed by atoms with Crippen molar-refractivity contribution in [2.75, 3.05) is 13.2 Å². The Labute approximate surface area is 144 Å². The van der Waals surface area contributed by atoms with E-state index in [0.29, 0.717) is 19.8 Å². The van der Waals surface area contributed by atoms with Crippen molar-refractivity contribution < 1.29 is 9.47 Å². The largest absolute Gasteiger partial charge is 0.347 e. The lowest BCUT2D eigenvalue weighted by Crippen LogP contribution is -2.51. The van der Waals surface area contributed by atoms with Gasteiger partial charge in [0.2, 0.25) is 0 Å². The van der Waals surface area contributed by atoms with Gasteiger partial charge >= 0.3 is 0 Å². The summed E-state index contributed by atoms with van der Waals surface area (Å²) in [4.78, 5) is 4.15. The number of rotatable bonds is 4. The molecule has 4 nitrogen and oxygen atoms in total. The normalized spacial score (nSPS) is 19.4. The van der Waals surface area contributed by atoms with Crippen molar-refractivity contribution in [1.29, 1.82) is 0 Å². The lowest BCUT2D eigenvalue weighted by molar-refractivity contribution is -0.304. The van der Waals surface area contributed by atoms with Crippen LogP contribution in [0.25, 0.3) is 0 Å². The highest BCUT2D eigenvalue weighted by Gasteiger charge is 2.41. The maximum absolute atomic E-state index is 6.33. The maximum atomic E-state index is 6.33. The van der Waals surface area contributed by atoms with Gasteiger partial charge in [-0.2, -0.15) is 0 Å². The molecule has 1 aromatic heterocycles. The van der Waals surface area contributed by atoms with Crippen LogP contribution in [0.15, 0.2) is 30.9 Å². The first-order chi connectivity index (χ1) is 11.3. The Kier molecular flexibility index (Phi) is 4.54. The molecule has 0 unspecified atom stereocenters. The van der Waals surface area contributed by atoms with Crippen LogP contribution in [0.5, 0.6) is 0 Å². The molecule has 24 heavy (non-hydrogen) atoms. The number of hydrogen-bond acceptors (Lipinski definition) is 3. The summed E-state index contributed by atoms with van der Waals surface area (Å²) in [7, 11) is 0. The fourth-order valence-electron chi connectivity index (χ4n) is 3.40. The third kappa shape index (κ3) is 3.70. The summed E-state index contributed by atoms with van der Waals surface area (Å²) in [5.74, 6) is -0.638. The molecule has 130 valence electrons. The number of aromatic nitrogens is 2. The van der Waals surface area contributed by atoms with E-state index in [0.717, 1.165) is 6.42 Å². The second kappa shape index (κ2) is 6.34. The van der Waals surface area contributed by atoms with Crippen molar-refractivity contribution in [2.24, 2.45) is 5.41 Å². The lowest BCUT2D eigenvalue weighted by Gasteiger charge is -2.44. The summed E-state index contributed by atoms with van der Waals surface area (Å²) in [6.07, 6.45) is 6.33. The molecule has 3 rings (SSSR count). The molecule has 2 heterocycles. The number of imidazole rings is 1. The Morgan fingerprint density at radius 3 is 2.25 bits per heavy atom. The van der Waals surface area contributed by atoms with E-state index in [-0.39, 0.29) is 5.41 Å². The van der Waals surface area contributed by atoms with Crippen molar-refractivity contribution in [3.63, 3.8) is 0 Å². The topological polar surface area (TPSA) is 36.3 Å². The van der Waals surface area contributed by atoms with Crippen molar-refractivity contribution in [3.8, 4) is 0 Å².